The predicted molar refractivity (Wildman–Crippen MR) is 99.0 cm³/mol. The number of benzene rings is 2. The van der Waals surface area contributed by atoms with Gasteiger partial charge in [0.05, 0.1) is 17.2 Å². The van der Waals surface area contributed by atoms with Crippen LogP contribution in [0.15, 0.2) is 59.5 Å². The van der Waals surface area contributed by atoms with Crippen molar-refractivity contribution in [3.63, 3.8) is 0 Å². The number of ether oxygens (including phenoxy) is 1. The molecule has 0 atom stereocenters. The van der Waals surface area contributed by atoms with Gasteiger partial charge in [0.1, 0.15) is 12.3 Å². The highest BCUT2D eigenvalue weighted by atomic mass is 16.5. The molecular formula is C19H18N4O4. The Morgan fingerprint density at radius 2 is 1.74 bits per heavy atom. The molecule has 1 aromatic heterocycles. The van der Waals surface area contributed by atoms with E-state index in [2.05, 4.69) is 15.8 Å². The van der Waals surface area contributed by atoms with Crippen LogP contribution in [0.3, 0.4) is 0 Å². The van der Waals surface area contributed by atoms with E-state index in [-0.39, 0.29) is 13.2 Å². The van der Waals surface area contributed by atoms with Gasteiger partial charge >= 0.3 is 0 Å². The molecule has 27 heavy (non-hydrogen) atoms. The van der Waals surface area contributed by atoms with Crippen LogP contribution < -0.4 is 21.1 Å². The third kappa shape index (κ3) is 4.49. The Balaban J connectivity index is 1.56. The van der Waals surface area contributed by atoms with E-state index in [1.54, 1.807) is 36.4 Å². The molecule has 0 spiro atoms. The van der Waals surface area contributed by atoms with Crippen molar-refractivity contribution >= 4 is 22.8 Å². The van der Waals surface area contributed by atoms with Gasteiger partial charge in [-0.1, -0.05) is 30.3 Å². The number of carbonyl (C=O) groups excluding carboxylic acids is 2. The number of nitrogens with one attached hydrogen (secondary N) is 2. The lowest BCUT2D eigenvalue weighted by atomic mass is 10.2. The van der Waals surface area contributed by atoms with Gasteiger partial charge in [-0.3, -0.25) is 29.8 Å². The smallest absolute Gasteiger partial charge is 0.276 e. The number of carbonyl (C=O) groups is 2. The second-order valence-electron chi connectivity index (χ2n) is 5.82. The van der Waals surface area contributed by atoms with Gasteiger partial charge in [-0.25, -0.2) is 4.98 Å². The standard InChI is InChI=1S/C19H18N4O4/c1-13-6-2-5-9-16(13)27-12-18(25)22-21-17(24)11-23-15-8-4-3-7-14(15)20-10-19(23)26/h2-10H,11-12H2,1H3,(H,21,24)(H,22,25). The highest BCUT2D eigenvalue weighted by molar-refractivity contribution is 5.83. The van der Waals surface area contributed by atoms with Crippen LogP contribution in [0.4, 0.5) is 0 Å². The van der Waals surface area contributed by atoms with Gasteiger partial charge in [0.25, 0.3) is 17.4 Å². The Bertz CT molecular complexity index is 1050. The molecule has 0 fully saturated rings. The summed E-state index contributed by atoms with van der Waals surface area (Å²) in [4.78, 5) is 40.0. The fourth-order valence-electron chi connectivity index (χ4n) is 2.50. The number of aromatic nitrogens is 2. The molecule has 0 saturated heterocycles. The summed E-state index contributed by atoms with van der Waals surface area (Å²) in [6.07, 6.45) is 1.16. The minimum absolute atomic E-state index is 0.247. The highest BCUT2D eigenvalue weighted by Crippen LogP contribution is 2.15. The minimum Gasteiger partial charge on any atom is -0.483 e. The molecule has 2 N–H and O–H groups in total. The van der Waals surface area contributed by atoms with Gasteiger partial charge in [-0.2, -0.15) is 0 Å². The van der Waals surface area contributed by atoms with Gasteiger partial charge in [0.15, 0.2) is 6.61 Å². The largest absolute Gasteiger partial charge is 0.483 e. The van der Waals surface area contributed by atoms with E-state index in [9.17, 15) is 14.4 Å². The Morgan fingerprint density at radius 1 is 1.04 bits per heavy atom. The van der Waals surface area contributed by atoms with Crippen LogP contribution >= 0.6 is 0 Å². The molecule has 2 aromatic carbocycles. The van der Waals surface area contributed by atoms with Crippen molar-refractivity contribution in [2.24, 2.45) is 0 Å². The molecule has 3 aromatic rings. The molecule has 1 heterocycles. The number of aryl methyl sites for hydroxylation is 1. The van der Waals surface area contributed by atoms with Crippen molar-refractivity contribution in [2.45, 2.75) is 13.5 Å². The van der Waals surface area contributed by atoms with Crippen molar-refractivity contribution in [1.82, 2.24) is 20.4 Å². The number of hydrazine groups is 1. The number of hydrogen-bond acceptors (Lipinski definition) is 5. The van der Waals surface area contributed by atoms with Crippen molar-refractivity contribution in [2.75, 3.05) is 6.61 Å². The molecule has 0 aliphatic carbocycles. The molecule has 138 valence electrons. The van der Waals surface area contributed by atoms with Crippen LogP contribution in [0.1, 0.15) is 5.56 Å². The van der Waals surface area contributed by atoms with E-state index in [0.29, 0.717) is 16.8 Å². The fourth-order valence-corrected chi connectivity index (χ4v) is 2.50. The summed E-state index contributed by atoms with van der Waals surface area (Å²) in [5.41, 5.74) is 6.17. The first-order valence-corrected chi connectivity index (χ1v) is 8.25. The lowest BCUT2D eigenvalue weighted by molar-refractivity contribution is -0.130. The fraction of sp³-hybridized carbons (Fsp3) is 0.158. The van der Waals surface area contributed by atoms with Crippen molar-refractivity contribution < 1.29 is 14.3 Å². The summed E-state index contributed by atoms with van der Waals surface area (Å²) in [5, 5.41) is 0. The van der Waals surface area contributed by atoms with Crippen LogP contribution in [0.25, 0.3) is 11.0 Å². The van der Waals surface area contributed by atoms with E-state index in [0.717, 1.165) is 11.8 Å². The number of hydrogen-bond donors (Lipinski definition) is 2. The maximum absolute atomic E-state index is 12.1. The van der Waals surface area contributed by atoms with Gasteiger partial charge in [-0.05, 0) is 30.7 Å². The molecular weight excluding hydrogens is 348 g/mol. The highest BCUT2D eigenvalue weighted by Gasteiger charge is 2.10. The average Bonchev–Trinajstić information content (AvgIpc) is 2.68. The molecule has 8 heteroatoms. The average molecular weight is 366 g/mol. The van der Waals surface area contributed by atoms with E-state index in [1.807, 2.05) is 19.1 Å². The number of amides is 2. The zero-order valence-corrected chi connectivity index (χ0v) is 14.6. The molecule has 0 unspecified atom stereocenters. The van der Waals surface area contributed by atoms with E-state index in [4.69, 9.17) is 4.74 Å². The Kier molecular flexibility index (Phi) is 5.46. The van der Waals surface area contributed by atoms with Crippen LogP contribution in [0.5, 0.6) is 5.75 Å². The molecule has 0 saturated carbocycles. The molecule has 0 aliphatic heterocycles. The number of rotatable bonds is 5. The van der Waals surface area contributed by atoms with Crippen LogP contribution in [0, 0.1) is 6.92 Å². The van der Waals surface area contributed by atoms with Crippen LogP contribution in [-0.2, 0) is 16.1 Å². The van der Waals surface area contributed by atoms with Gasteiger partial charge < -0.3 is 4.74 Å². The molecule has 0 bridgehead atoms. The number of nitrogens with zero attached hydrogens (tertiary/aromatic N) is 2. The lowest BCUT2D eigenvalue weighted by Crippen LogP contribution is -2.46. The molecule has 2 amide bonds. The zero-order valence-electron chi connectivity index (χ0n) is 14.6. The third-order valence-corrected chi connectivity index (χ3v) is 3.85. The Labute approximate surface area is 154 Å². The number of fused-ring (bicyclic) bond motifs is 1. The predicted octanol–water partition coefficient (Wildman–Crippen LogP) is 0.931. The molecule has 8 nitrogen and oxygen atoms in total. The SMILES string of the molecule is Cc1ccccc1OCC(=O)NNC(=O)Cn1c(=O)cnc2ccccc21. The summed E-state index contributed by atoms with van der Waals surface area (Å²) in [7, 11) is 0. The van der Waals surface area contributed by atoms with Crippen molar-refractivity contribution in [3.8, 4) is 5.75 Å². The maximum atomic E-state index is 12.1. The quantitative estimate of drug-likeness (QED) is 0.654. The summed E-state index contributed by atoms with van der Waals surface area (Å²) in [5.74, 6) is -0.468. The van der Waals surface area contributed by atoms with Gasteiger partial charge in [0, 0.05) is 0 Å². The Hall–Kier alpha value is -3.68. The summed E-state index contributed by atoms with van der Waals surface area (Å²) in [6, 6.07) is 14.3. The summed E-state index contributed by atoms with van der Waals surface area (Å²) >= 11 is 0. The molecule has 3 rings (SSSR count). The summed E-state index contributed by atoms with van der Waals surface area (Å²) < 4.78 is 6.68. The lowest BCUT2D eigenvalue weighted by Gasteiger charge is -2.12. The topological polar surface area (TPSA) is 102 Å². The third-order valence-electron chi connectivity index (χ3n) is 3.85. The molecule has 0 aliphatic rings. The first-order valence-electron chi connectivity index (χ1n) is 8.25. The second-order valence-corrected chi connectivity index (χ2v) is 5.82. The Morgan fingerprint density at radius 3 is 2.56 bits per heavy atom. The zero-order chi connectivity index (χ0) is 19.2. The van der Waals surface area contributed by atoms with Crippen molar-refractivity contribution in [1.29, 1.82) is 0 Å². The van der Waals surface area contributed by atoms with E-state index < -0.39 is 17.4 Å². The van der Waals surface area contributed by atoms with Crippen LogP contribution in [0.2, 0.25) is 0 Å². The molecule has 0 radical (unpaired) electrons. The van der Waals surface area contributed by atoms with Gasteiger partial charge in [-0.15, -0.1) is 0 Å². The number of para-hydroxylation sites is 3. The summed E-state index contributed by atoms with van der Waals surface area (Å²) in [6.45, 7) is 1.37. The van der Waals surface area contributed by atoms with Crippen LogP contribution in [-0.4, -0.2) is 28.0 Å². The minimum atomic E-state index is -0.544. The van der Waals surface area contributed by atoms with Crippen molar-refractivity contribution in [3.05, 3.63) is 70.6 Å². The normalized spacial score (nSPS) is 10.4. The first-order chi connectivity index (χ1) is 13.0. The van der Waals surface area contributed by atoms with E-state index >= 15 is 0 Å². The van der Waals surface area contributed by atoms with E-state index in [1.165, 1.54) is 4.57 Å². The maximum Gasteiger partial charge on any atom is 0.276 e. The second kappa shape index (κ2) is 8.13. The van der Waals surface area contributed by atoms with Gasteiger partial charge in [0.2, 0.25) is 0 Å². The monoisotopic (exact) mass is 366 g/mol. The first kappa shape index (κ1) is 18.1.